The Kier molecular flexibility index (Phi) is 5.91. The van der Waals surface area contributed by atoms with Crippen molar-refractivity contribution in [2.75, 3.05) is 6.54 Å². The Balaban J connectivity index is 1.83. The molecule has 0 aliphatic rings. The van der Waals surface area contributed by atoms with Crippen LogP contribution in [0.2, 0.25) is 0 Å². The molecule has 2 rings (SSSR count). The number of carbonyl (C=O) groups excluding carboxylic acids is 1. The number of nitrogens with zero attached hydrogens (tertiary/aromatic N) is 1. The summed E-state index contributed by atoms with van der Waals surface area (Å²) in [4.78, 5) is 16.5. The minimum Gasteiger partial charge on any atom is -0.391 e. The van der Waals surface area contributed by atoms with Gasteiger partial charge in [0.15, 0.2) is 0 Å². The zero-order valence-corrected chi connectivity index (χ0v) is 14.7. The highest BCUT2D eigenvalue weighted by Gasteiger charge is 2.22. The van der Waals surface area contributed by atoms with Gasteiger partial charge in [-0.25, -0.2) is 4.98 Å². The molecule has 1 aromatic carbocycles. The van der Waals surface area contributed by atoms with Crippen LogP contribution in [0.4, 0.5) is 0 Å². The Morgan fingerprint density at radius 2 is 2.00 bits per heavy atom. The standard InChI is InChI=1S/C18H24N2O2S/c1-18(2,3)15(21)11-19-16(22)10-14-12-23-17(20-14)9-13-7-5-4-6-8-13/h4-8,12,15,21H,9-11H2,1-3H3,(H,19,22). The summed E-state index contributed by atoms with van der Waals surface area (Å²) in [5.74, 6) is -0.107. The summed E-state index contributed by atoms with van der Waals surface area (Å²) in [5.41, 5.74) is 1.76. The lowest BCUT2D eigenvalue weighted by Gasteiger charge is -2.25. The van der Waals surface area contributed by atoms with Crippen LogP contribution in [0.1, 0.15) is 37.0 Å². The molecule has 5 heteroatoms. The highest BCUT2D eigenvalue weighted by molar-refractivity contribution is 7.09. The Labute approximate surface area is 141 Å². The summed E-state index contributed by atoms with van der Waals surface area (Å²) < 4.78 is 0. The average Bonchev–Trinajstić information content (AvgIpc) is 2.91. The van der Waals surface area contributed by atoms with E-state index in [0.717, 1.165) is 17.1 Å². The molecule has 124 valence electrons. The molecule has 0 fully saturated rings. The van der Waals surface area contributed by atoms with Gasteiger partial charge in [0, 0.05) is 18.3 Å². The number of nitrogens with one attached hydrogen (secondary N) is 1. The zero-order valence-electron chi connectivity index (χ0n) is 13.9. The normalized spacial score (nSPS) is 12.9. The van der Waals surface area contributed by atoms with E-state index < -0.39 is 6.10 Å². The quantitative estimate of drug-likeness (QED) is 0.855. The highest BCUT2D eigenvalue weighted by atomic mass is 32.1. The third kappa shape index (κ3) is 5.77. The molecule has 1 aromatic heterocycles. The number of aliphatic hydroxyl groups excluding tert-OH is 1. The second-order valence-electron chi connectivity index (χ2n) is 6.76. The van der Waals surface area contributed by atoms with Gasteiger partial charge in [0.05, 0.1) is 23.2 Å². The maximum Gasteiger partial charge on any atom is 0.226 e. The van der Waals surface area contributed by atoms with Gasteiger partial charge in [-0.1, -0.05) is 51.1 Å². The molecule has 1 heterocycles. The number of hydrogen-bond donors (Lipinski definition) is 2. The van der Waals surface area contributed by atoms with Gasteiger partial charge in [0.1, 0.15) is 0 Å². The van der Waals surface area contributed by atoms with Crippen LogP contribution in [0, 0.1) is 5.41 Å². The lowest BCUT2D eigenvalue weighted by atomic mass is 9.89. The first-order valence-corrected chi connectivity index (χ1v) is 8.64. The molecule has 4 nitrogen and oxygen atoms in total. The molecule has 0 bridgehead atoms. The van der Waals surface area contributed by atoms with E-state index in [2.05, 4.69) is 22.4 Å². The van der Waals surface area contributed by atoms with E-state index in [4.69, 9.17) is 0 Å². The Hall–Kier alpha value is -1.72. The second-order valence-corrected chi connectivity index (χ2v) is 7.70. The van der Waals surface area contributed by atoms with Crippen molar-refractivity contribution in [2.45, 2.75) is 39.7 Å². The minimum absolute atomic E-state index is 0.107. The van der Waals surface area contributed by atoms with Crippen molar-refractivity contribution in [3.8, 4) is 0 Å². The molecule has 2 N–H and O–H groups in total. The zero-order chi connectivity index (χ0) is 16.9. The molecule has 0 spiro atoms. The number of aromatic nitrogens is 1. The first-order valence-electron chi connectivity index (χ1n) is 7.76. The lowest BCUT2D eigenvalue weighted by molar-refractivity contribution is -0.121. The summed E-state index contributed by atoms with van der Waals surface area (Å²) >= 11 is 1.57. The number of rotatable bonds is 6. The SMILES string of the molecule is CC(C)(C)C(O)CNC(=O)Cc1csc(Cc2ccccc2)n1. The maximum atomic E-state index is 12.0. The van der Waals surface area contributed by atoms with Crippen molar-refractivity contribution >= 4 is 17.2 Å². The van der Waals surface area contributed by atoms with Crippen molar-refractivity contribution in [1.82, 2.24) is 10.3 Å². The predicted molar refractivity (Wildman–Crippen MR) is 93.5 cm³/mol. The van der Waals surface area contributed by atoms with E-state index >= 15 is 0 Å². The van der Waals surface area contributed by atoms with Gasteiger partial charge in [-0.15, -0.1) is 11.3 Å². The molecule has 1 unspecified atom stereocenters. The van der Waals surface area contributed by atoms with E-state index in [1.807, 2.05) is 44.4 Å². The number of carbonyl (C=O) groups is 1. The molecular formula is C18H24N2O2S. The van der Waals surface area contributed by atoms with Gasteiger partial charge < -0.3 is 10.4 Å². The number of hydrogen-bond acceptors (Lipinski definition) is 4. The molecule has 1 atom stereocenters. The van der Waals surface area contributed by atoms with E-state index in [0.29, 0.717) is 0 Å². The van der Waals surface area contributed by atoms with Gasteiger partial charge in [0.25, 0.3) is 0 Å². The summed E-state index contributed by atoms with van der Waals surface area (Å²) in [7, 11) is 0. The monoisotopic (exact) mass is 332 g/mol. The molecule has 1 amide bonds. The van der Waals surface area contributed by atoms with Crippen LogP contribution in [0.3, 0.4) is 0 Å². The van der Waals surface area contributed by atoms with Gasteiger partial charge in [-0.3, -0.25) is 4.79 Å². The largest absolute Gasteiger partial charge is 0.391 e. The van der Waals surface area contributed by atoms with Gasteiger partial charge >= 0.3 is 0 Å². The average molecular weight is 332 g/mol. The number of amides is 1. The van der Waals surface area contributed by atoms with Crippen LogP contribution in [0.5, 0.6) is 0 Å². The fourth-order valence-corrected chi connectivity index (χ4v) is 2.85. The van der Waals surface area contributed by atoms with E-state index in [1.54, 1.807) is 11.3 Å². The summed E-state index contributed by atoms with van der Waals surface area (Å²) in [6, 6.07) is 10.2. The fourth-order valence-electron chi connectivity index (χ4n) is 2.03. The van der Waals surface area contributed by atoms with Crippen LogP contribution in [-0.4, -0.2) is 28.6 Å². The van der Waals surface area contributed by atoms with Crippen molar-refractivity contribution in [3.63, 3.8) is 0 Å². The van der Waals surface area contributed by atoms with Crippen molar-refractivity contribution in [3.05, 3.63) is 52.0 Å². The first-order chi connectivity index (χ1) is 10.8. The third-order valence-corrected chi connectivity index (χ3v) is 4.53. The Morgan fingerprint density at radius 3 is 2.65 bits per heavy atom. The predicted octanol–water partition coefficient (Wildman–Crippen LogP) is 2.80. The highest BCUT2D eigenvalue weighted by Crippen LogP contribution is 2.18. The summed E-state index contributed by atoms with van der Waals surface area (Å²) in [6.07, 6.45) is 0.480. The van der Waals surface area contributed by atoms with Crippen molar-refractivity contribution in [1.29, 1.82) is 0 Å². The van der Waals surface area contributed by atoms with Crippen LogP contribution in [0.15, 0.2) is 35.7 Å². The van der Waals surface area contributed by atoms with Crippen LogP contribution >= 0.6 is 11.3 Å². The number of benzene rings is 1. The van der Waals surface area contributed by atoms with Crippen LogP contribution in [-0.2, 0) is 17.6 Å². The maximum absolute atomic E-state index is 12.0. The van der Waals surface area contributed by atoms with Gasteiger partial charge in [-0.05, 0) is 11.0 Å². The minimum atomic E-state index is -0.560. The Morgan fingerprint density at radius 1 is 1.30 bits per heavy atom. The smallest absolute Gasteiger partial charge is 0.226 e. The lowest BCUT2D eigenvalue weighted by Crippen LogP contribution is -2.39. The van der Waals surface area contributed by atoms with E-state index in [1.165, 1.54) is 5.56 Å². The summed E-state index contributed by atoms with van der Waals surface area (Å²) in [5, 5.41) is 15.6. The van der Waals surface area contributed by atoms with E-state index in [-0.39, 0.29) is 24.3 Å². The fraction of sp³-hybridized carbons (Fsp3) is 0.444. The molecule has 2 aromatic rings. The first kappa shape index (κ1) is 17.6. The second kappa shape index (κ2) is 7.70. The van der Waals surface area contributed by atoms with E-state index in [9.17, 15) is 9.90 Å². The third-order valence-electron chi connectivity index (χ3n) is 3.63. The van der Waals surface area contributed by atoms with Crippen LogP contribution < -0.4 is 5.32 Å². The summed E-state index contributed by atoms with van der Waals surface area (Å²) in [6.45, 7) is 6.10. The molecule has 0 radical (unpaired) electrons. The molecule has 0 aliphatic heterocycles. The molecule has 23 heavy (non-hydrogen) atoms. The number of thiazole rings is 1. The molecular weight excluding hydrogens is 308 g/mol. The Bertz CT molecular complexity index is 632. The molecule has 0 aliphatic carbocycles. The van der Waals surface area contributed by atoms with Gasteiger partial charge in [-0.2, -0.15) is 0 Å². The molecule has 0 saturated carbocycles. The van der Waals surface area contributed by atoms with Crippen molar-refractivity contribution in [2.24, 2.45) is 5.41 Å². The number of aliphatic hydroxyl groups is 1. The van der Waals surface area contributed by atoms with Crippen molar-refractivity contribution < 1.29 is 9.90 Å². The van der Waals surface area contributed by atoms with Crippen LogP contribution in [0.25, 0.3) is 0 Å². The topological polar surface area (TPSA) is 62.2 Å². The molecule has 0 saturated heterocycles. The van der Waals surface area contributed by atoms with Gasteiger partial charge in [0.2, 0.25) is 5.91 Å².